The number of hydrogen-bond donors (Lipinski definition) is 1. The maximum absolute atomic E-state index is 14.6. The second-order valence-corrected chi connectivity index (χ2v) is 13.9. The monoisotopic (exact) mass is 702 g/mol. The quantitative estimate of drug-likeness (QED) is 0.0965. The first-order valence-corrected chi connectivity index (χ1v) is 18.3. The first-order chi connectivity index (χ1) is 25.5. The fourth-order valence-corrected chi connectivity index (χ4v) is 8.58. The summed E-state index contributed by atoms with van der Waals surface area (Å²) in [5, 5.41) is 4.44. The average molecular weight is 703 g/mol. The van der Waals surface area contributed by atoms with E-state index < -0.39 is 34.1 Å². The van der Waals surface area contributed by atoms with E-state index >= 15 is 0 Å². The maximum Gasteiger partial charge on any atom is 0.350 e. The number of hydroxylamine groups is 2. The summed E-state index contributed by atoms with van der Waals surface area (Å²) in [6.45, 7) is 0. The van der Waals surface area contributed by atoms with Crippen LogP contribution in [0.2, 0.25) is 0 Å². The normalized spacial score (nSPS) is 13.9. The predicted octanol–water partition coefficient (Wildman–Crippen LogP) is 8.27. The summed E-state index contributed by atoms with van der Waals surface area (Å²) in [4.78, 5) is 45.9. The van der Waals surface area contributed by atoms with Crippen LogP contribution in [0.1, 0.15) is 46.2 Å². The van der Waals surface area contributed by atoms with Gasteiger partial charge in [0.2, 0.25) is 0 Å². The molecule has 258 valence electrons. The molecule has 1 N–H and O–H groups in total. The third kappa shape index (κ3) is 6.81. The number of amides is 2. The predicted molar refractivity (Wildman–Crippen MR) is 205 cm³/mol. The molecule has 0 aromatic heterocycles. The number of carbonyl (C=O) groups is 3. The highest BCUT2D eigenvalue weighted by molar-refractivity contribution is 8.00. The second-order valence-electron chi connectivity index (χ2n) is 12.6. The minimum atomic E-state index is -1.04. The van der Waals surface area contributed by atoms with Crippen molar-refractivity contribution in [2.24, 2.45) is 0 Å². The van der Waals surface area contributed by atoms with Gasteiger partial charge in [-0.25, -0.2) is 4.79 Å². The number of carbonyl (C=O) groups excluding carboxylic acids is 3. The highest BCUT2D eigenvalue weighted by Crippen LogP contribution is 2.49. The molecule has 0 radical (unpaired) electrons. The van der Waals surface area contributed by atoms with Crippen LogP contribution in [0.25, 0.3) is 0 Å². The molecule has 0 saturated carbocycles. The van der Waals surface area contributed by atoms with E-state index in [0.717, 1.165) is 33.4 Å². The van der Waals surface area contributed by atoms with Gasteiger partial charge in [-0.1, -0.05) is 182 Å². The van der Waals surface area contributed by atoms with Gasteiger partial charge in [0.05, 0.1) is 10.3 Å². The number of imide groups is 1. The van der Waals surface area contributed by atoms with Crippen LogP contribution in [-0.2, 0) is 29.5 Å². The molecule has 1 aliphatic heterocycles. The lowest BCUT2D eigenvalue weighted by Gasteiger charge is -2.41. The number of benzene rings is 6. The van der Waals surface area contributed by atoms with Crippen molar-refractivity contribution in [2.45, 2.75) is 29.2 Å². The Balaban J connectivity index is 1.40. The van der Waals surface area contributed by atoms with Gasteiger partial charge in [-0.2, -0.15) is 0 Å². The van der Waals surface area contributed by atoms with E-state index in [9.17, 15) is 14.4 Å². The van der Waals surface area contributed by atoms with Crippen molar-refractivity contribution in [1.82, 2.24) is 10.4 Å². The van der Waals surface area contributed by atoms with Crippen LogP contribution in [0.3, 0.4) is 0 Å². The van der Waals surface area contributed by atoms with Crippen molar-refractivity contribution in [3.63, 3.8) is 0 Å². The zero-order chi connectivity index (χ0) is 35.8. The van der Waals surface area contributed by atoms with E-state index in [1.807, 2.05) is 146 Å². The Labute approximate surface area is 308 Å². The SMILES string of the molecule is O=C(ON1C(=O)CCC1=O)[C@H](CSC(c1ccccc1)(c1ccccc1)c1ccccc1)NC(c1ccccc1)(c1ccccc1)c1ccccc1. The van der Waals surface area contributed by atoms with E-state index in [0.29, 0.717) is 5.06 Å². The molecule has 6 aromatic rings. The highest BCUT2D eigenvalue weighted by atomic mass is 32.2. The number of nitrogens with one attached hydrogen (secondary N) is 1. The Hall–Kier alpha value is -5.76. The van der Waals surface area contributed by atoms with Crippen LogP contribution in [0.5, 0.6) is 0 Å². The number of rotatable bonds is 13. The van der Waals surface area contributed by atoms with Gasteiger partial charge in [-0.05, 0) is 33.4 Å². The molecule has 6 nitrogen and oxygen atoms in total. The van der Waals surface area contributed by atoms with Crippen molar-refractivity contribution in [3.8, 4) is 0 Å². The molecule has 0 aliphatic carbocycles. The van der Waals surface area contributed by atoms with Gasteiger partial charge < -0.3 is 4.84 Å². The molecule has 0 spiro atoms. The number of hydrogen-bond acceptors (Lipinski definition) is 6. The van der Waals surface area contributed by atoms with Crippen LogP contribution in [0, 0.1) is 0 Å². The molecule has 0 unspecified atom stereocenters. The van der Waals surface area contributed by atoms with Crippen LogP contribution >= 0.6 is 11.8 Å². The van der Waals surface area contributed by atoms with E-state index in [-0.39, 0.29) is 18.6 Å². The van der Waals surface area contributed by atoms with Crippen molar-refractivity contribution in [1.29, 1.82) is 0 Å². The van der Waals surface area contributed by atoms with Gasteiger partial charge in [0.25, 0.3) is 11.8 Å². The fraction of sp³-hybridized carbons (Fsp3) is 0.133. The van der Waals surface area contributed by atoms with E-state index in [2.05, 4.69) is 41.7 Å². The lowest BCUT2D eigenvalue weighted by Crippen LogP contribution is -2.55. The first-order valence-electron chi connectivity index (χ1n) is 17.3. The summed E-state index contributed by atoms with van der Waals surface area (Å²) in [5.74, 6) is -1.59. The average Bonchev–Trinajstić information content (AvgIpc) is 3.53. The molecule has 7 rings (SSSR count). The molecular formula is C45H38N2O4S. The molecule has 1 heterocycles. The molecule has 52 heavy (non-hydrogen) atoms. The topological polar surface area (TPSA) is 75.7 Å². The minimum absolute atomic E-state index is 0.0000742. The Bertz CT molecular complexity index is 1890. The summed E-state index contributed by atoms with van der Waals surface area (Å²) < 4.78 is -0.752. The zero-order valence-corrected chi connectivity index (χ0v) is 29.3. The highest BCUT2D eigenvalue weighted by Gasteiger charge is 2.44. The van der Waals surface area contributed by atoms with Crippen LogP contribution < -0.4 is 5.32 Å². The smallest absolute Gasteiger partial charge is 0.329 e. The third-order valence-electron chi connectivity index (χ3n) is 9.49. The lowest BCUT2D eigenvalue weighted by molar-refractivity contribution is -0.198. The molecule has 1 saturated heterocycles. The Morgan fingerprint density at radius 1 is 0.538 bits per heavy atom. The van der Waals surface area contributed by atoms with Gasteiger partial charge in [0.15, 0.2) is 0 Å². The van der Waals surface area contributed by atoms with Gasteiger partial charge in [-0.15, -0.1) is 16.8 Å². The third-order valence-corrected chi connectivity index (χ3v) is 11.1. The van der Waals surface area contributed by atoms with Crippen LogP contribution in [-0.4, -0.2) is 34.6 Å². The minimum Gasteiger partial charge on any atom is -0.329 e. The summed E-state index contributed by atoms with van der Waals surface area (Å²) in [6.07, 6.45) is 0.000148. The van der Waals surface area contributed by atoms with Gasteiger partial charge in [-0.3, -0.25) is 14.9 Å². The van der Waals surface area contributed by atoms with Gasteiger partial charge in [0, 0.05) is 18.6 Å². The molecule has 0 bridgehead atoms. The van der Waals surface area contributed by atoms with E-state index in [1.54, 1.807) is 11.8 Å². The Morgan fingerprint density at radius 3 is 1.17 bits per heavy atom. The van der Waals surface area contributed by atoms with Crippen molar-refractivity contribution in [2.75, 3.05) is 5.75 Å². The number of nitrogens with zero attached hydrogens (tertiary/aromatic N) is 1. The van der Waals surface area contributed by atoms with Crippen molar-refractivity contribution in [3.05, 3.63) is 215 Å². The molecule has 6 aromatic carbocycles. The molecule has 1 atom stereocenters. The summed E-state index contributed by atoms with van der Waals surface area (Å²) in [5.41, 5.74) is 4.79. The Kier molecular flexibility index (Phi) is 10.4. The van der Waals surface area contributed by atoms with E-state index in [4.69, 9.17) is 4.84 Å². The molecule has 2 amide bonds. The first kappa shape index (κ1) is 34.7. The standard InChI is InChI=1S/C45H38N2O4S/c48-41-31-32-42(49)47(41)51-43(50)40(46-44(34-19-7-1-8-20-34,35-21-9-2-10-22-35)36-23-11-3-12-24-36)33-52-45(37-25-13-4-14-26-37,38-27-15-5-16-28-38)39-29-17-6-18-30-39/h1-30,40,46H,31-33H2/t40-/m0/s1. The zero-order valence-electron chi connectivity index (χ0n) is 28.5. The van der Waals surface area contributed by atoms with Crippen molar-refractivity contribution < 1.29 is 19.2 Å². The Morgan fingerprint density at radius 2 is 0.846 bits per heavy atom. The maximum atomic E-state index is 14.6. The van der Waals surface area contributed by atoms with Crippen LogP contribution in [0.15, 0.2) is 182 Å². The summed E-state index contributed by atoms with van der Waals surface area (Å²) in [6, 6.07) is 59.8. The fourth-order valence-electron chi connectivity index (χ4n) is 7.03. The molecule has 7 heteroatoms. The number of thioether (sulfide) groups is 1. The second kappa shape index (κ2) is 15.6. The summed E-state index contributed by atoms with van der Waals surface area (Å²) >= 11 is 1.60. The summed E-state index contributed by atoms with van der Waals surface area (Å²) in [7, 11) is 0. The van der Waals surface area contributed by atoms with Crippen molar-refractivity contribution >= 4 is 29.5 Å². The lowest BCUT2D eigenvalue weighted by atomic mass is 9.76. The largest absolute Gasteiger partial charge is 0.350 e. The van der Waals surface area contributed by atoms with Gasteiger partial charge in [0.1, 0.15) is 6.04 Å². The molecule has 1 aliphatic rings. The van der Waals surface area contributed by atoms with Crippen LogP contribution in [0.4, 0.5) is 0 Å². The van der Waals surface area contributed by atoms with Gasteiger partial charge >= 0.3 is 5.97 Å². The van der Waals surface area contributed by atoms with E-state index in [1.165, 1.54) is 0 Å². The molecular weight excluding hydrogens is 665 g/mol. The molecule has 1 fully saturated rings.